The second kappa shape index (κ2) is 8.12. The van der Waals surface area contributed by atoms with E-state index in [9.17, 15) is 9.18 Å². The molecule has 0 radical (unpaired) electrons. The Morgan fingerprint density at radius 1 is 1.04 bits per heavy atom. The number of aryl methyl sites for hydroxylation is 1. The number of carbonyl (C=O) groups excluding carboxylic acids is 1. The first-order valence-electron chi connectivity index (χ1n) is 8.70. The summed E-state index contributed by atoms with van der Waals surface area (Å²) in [4.78, 5) is 16.5. The van der Waals surface area contributed by atoms with Crippen molar-refractivity contribution in [2.75, 3.05) is 44.2 Å². The van der Waals surface area contributed by atoms with E-state index < -0.39 is 0 Å². The number of halogens is 1. The van der Waals surface area contributed by atoms with E-state index in [1.54, 1.807) is 6.07 Å². The number of para-hydroxylation sites is 1. The lowest BCUT2D eigenvalue weighted by atomic mass is 10.1. The molecule has 25 heavy (non-hydrogen) atoms. The first-order chi connectivity index (χ1) is 12.1. The molecule has 1 N–H and O–H groups in total. The molecule has 1 aliphatic heterocycles. The van der Waals surface area contributed by atoms with E-state index in [-0.39, 0.29) is 11.7 Å². The van der Waals surface area contributed by atoms with E-state index in [1.807, 2.05) is 43.3 Å². The number of nitrogens with one attached hydrogen (secondary N) is 1. The first kappa shape index (κ1) is 17.4. The summed E-state index contributed by atoms with van der Waals surface area (Å²) in [5.41, 5.74) is 2.51. The minimum atomic E-state index is -0.165. The predicted molar refractivity (Wildman–Crippen MR) is 98.6 cm³/mol. The highest BCUT2D eigenvalue weighted by Gasteiger charge is 2.19. The second-order valence-corrected chi connectivity index (χ2v) is 6.40. The number of carbonyl (C=O) groups is 1. The van der Waals surface area contributed by atoms with Gasteiger partial charge < -0.3 is 10.2 Å². The smallest absolute Gasteiger partial charge is 0.251 e. The van der Waals surface area contributed by atoms with E-state index in [0.717, 1.165) is 38.3 Å². The van der Waals surface area contributed by atoms with E-state index in [4.69, 9.17) is 0 Å². The SMILES string of the molecule is Cc1ccc(C(=O)NCCN2CCN(c3ccccc3F)CC2)cc1. The van der Waals surface area contributed by atoms with Crippen LogP contribution in [0.4, 0.5) is 10.1 Å². The van der Waals surface area contributed by atoms with Crippen LogP contribution in [0.5, 0.6) is 0 Å². The van der Waals surface area contributed by atoms with Crippen molar-refractivity contribution in [3.05, 3.63) is 65.5 Å². The number of benzene rings is 2. The van der Waals surface area contributed by atoms with Crippen LogP contribution in [0.3, 0.4) is 0 Å². The summed E-state index contributed by atoms with van der Waals surface area (Å²) in [7, 11) is 0. The normalized spacial score (nSPS) is 15.2. The summed E-state index contributed by atoms with van der Waals surface area (Å²) in [5.74, 6) is -0.202. The zero-order valence-corrected chi connectivity index (χ0v) is 14.5. The van der Waals surface area contributed by atoms with Gasteiger partial charge in [0, 0.05) is 44.8 Å². The Bertz CT molecular complexity index is 709. The molecule has 2 aromatic rings. The molecule has 0 aromatic heterocycles. The van der Waals surface area contributed by atoms with Crippen molar-refractivity contribution in [1.82, 2.24) is 10.2 Å². The average molecular weight is 341 g/mol. The zero-order valence-electron chi connectivity index (χ0n) is 14.5. The third-order valence-corrected chi connectivity index (χ3v) is 4.59. The number of amides is 1. The van der Waals surface area contributed by atoms with Gasteiger partial charge in [0.15, 0.2) is 0 Å². The van der Waals surface area contributed by atoms with Crippen LogP contribution in [-0.2, 0) is 0 Å². The van der Waals surface area contributed by atoms with Crippen molar-refractivity contribution < 1.29 is 9.18 Å². The van der Waals surface area contributed by atoms with Crippen LogP contribution < -0.4 is 10.2 Å². The highest BCUT2D eigenvalue weighted by atomic mass is 19.1. The maximum atomic E-state index is 13.8. The molecule has 5 heteroatoms. The maximum Gasteiger partial charge on any atom is 0.251 e. The van der Waals surface area contributed by atoms with Crippen LogP contribution >= 0.6 is 0 Å². The van der Waals surface area contributed by atoms with Crippen molar-refractivity contribution in [2.24, 2.45) is 0 Å². The number of anilines is 1. The highest BCUT2D eigenvalue weighted by Crippen LogP contribution is 2.19. The van der Waals surface area contributed by atoms with Crippen LogP contribution in [0.15, 0.2) is 48.5 Å². The summed E-state index contributed by atoms with van der Waals surface area (Å²) in [6.45, 7) is 6.76. The zero-order chi connectivity index (χ0) is 17.6. The van der Waals surface area contributed by atoms with Crippen molar-refractivity contribution >= 4 is 11.6 Å². The molecular formula is C20H24FN3O. The molecule has 1 heterocycles. The number of nitrogens with zero attached hydrogens (tertiary/aromatic N) is 2. The van der Waals surface area contributed by atoms with E-state index >= 15 is 0 Å². The van der Waals surface area contributed by atoms with Crippen LogP contribution in [0, 0.1) is 12.7 Å². The topological polar surface area (TPSA) is 35.6 Å². The van der Waals surface area contributed by atoms with Crippen LogP contribution in [0.1, 0.15) is 15.9 Å². The fourth-order valence-electron chi connectivity index (χ4n) is 3.06. The third kappa shape index (κ3) is 4.57. The second-order valence-electron chi connectivity index (χ2n) is 6.40. The number of hydrogen-bond donors (Lipinski definition) is 1. The van der Waals surface area contributed by atoms with Crippen molar-refractivity contribution in [2.45, 2.75) is 6.92 Å². The Morgan fingerprint density at radius 3 is 2.40 bits per heavy atom. The molecule has 0 aliphatic carbocycles. The van der Waals surface area contributed by atoms with Gasteiger partial charge in [-0.05, 0) is 31.2 Å². The van der Waals surface area contributed by atoms with Gasteiger partial charge in [0.05, 0.1) is 5.69 Å². The Labute approximate surface area is 148 Å². The van der Waals surface area contributed by atoms with Gasteiger partial charge in [-0.3, -0.25) is 9.69 Å². The molecule has 0 atom stereocenters. The quantitative estimate of drug-likeness (QED) is 0.908. The van der Waals surface area contributed by atoms with Gasteiger partial charge in [-0.15, -0.1) is 0 Å². The van der Waals surface area contributed by atoms with Gasteiger partial charge >= 0.3 is 0 Å². The molecule has 0 unspecified atom stereocenters. The number of piperazine rings is 1. The highest BCUT2D eigenvalue weighted by molar-refractivity contribution is 5.94. The Balaban J connectivity index is 1.41. The lowest BCUT2D eigenvalue weighted by Crippen LogP contribution is -2.48. The first-order valence-corrected chi connectivity index (χ1v) is 8.70. The van der Waals surface area contributed by atoms with Crippen molar-refractivity contribution in [3.63, 3.8) is 0 Å². The van der Waals surface area contributed by atoms with E-state index in [1.165, 1.54) is 6.07 Å². The standard InChI is InChI=1S/C20H24FN3O/c1-16-6-8-17(9-7-16)20(25)22-10-11-23-12-14-24(15-13-23)19-5-3-2-4-18(19)21/h2-9H,10-15H2,1H3,(H,22,25). The average Bonchev–Trinajstić information content (AvgIpc) is 2.63. The minimum absolute atomic E-state index is 0.0370. The molecule has 3 rings (SSSR count). The lowest BCUT2D eigenvalue weighted by Gasteiger charge is -2.36. The summed E-state index contributed by atoms with van der Waals surface area (Å²) < 4.78 is 13.8. The van der Waals surface area contributed by atoms with Gasteiger partial charge in [0.2, 0.25) is 0 Å². The Morgan fingerprint density at radius 2 is 1.72 bits per heavy atom. The van der Waals surface area contributed by atoms with Crippen LogP contribution in [0.25, 0.3) is 0 Å². The van der Waals surface area contributed by atoms with E-state index in [0.29, 0.717) is 17.8 Å². The molecule has 1 fully saturated rings. The van der Waals surface area contributed by atoms with Crippen LogP contribution in [0.2, 0.25) is 0 Å². The maximum absolute atomic E-state index is 13.8. The minimum Gasteiger partial charge on any atom is -0.367 e. The summed E-state index contributed by atoms with van der Waals surface area (Å²) >= 11 is 0. The number of hydrogen-bond acceptors (Lipinski definition) is 3. The molecule has 4 nitrogen and oxygen atoms in total. The van der Waals surface area contributed by atoms with E-state index in [2.05, 4.69) is 15.1 Å². The van der Waals surface area contributed by atoms with Crippen LogP contribution in [-0.4, -0.2) is 50.1 Å². The fourth-order valence-corrected chi connectivity index (χ4v) is 3.06. The molecule has 0 spiro atoms. The Hall–Kier alpha value is -2.40. The summed E-state index contributed by atoms with van der Waals surface area (Å²) in [5, 5.41) is 2.96. The summed E-state index contributed by atoms with van der Waals surface area (Å²) in [6.07, 6.45) is 0. The van der Waals surface area contributed by atoms with Gasteiger partial charge in [-0.1, -0.05) is 29.8 Å². The van der Waals surface area contributed by atoms with Gasteiger partial charge in [0.25, 0.3) is 5.91 Å². The summed E-state index contributed by atoms with van der Waals surface area (Å²) in [6, 6.07) is 14.5. The molecule has 0 saturated carbocycles. The largest absolute Gasteiger partial charge is 0.367 e. The number of rotatable bonds is 5. The van der Waals surface area contributed by atoms with Gasteiger partial charge in [-0.2, -0.15) is 0 Å². The lowest BCUT2D eigenvalue weighted by molar-refractivity contribution is 0.0947. The molecule has 1 amide bonds. The van der Waals surface area contributed by atoms with Crippen molar-refractivity contribution in [3.8, 4) is 0 Å². The molecule has 0 bridgehead atoms. The molecule has 132 valence electrons. The van der Waals surface area contributed by atoms with Gasteiger partial charge in [0.1, 0.15) is 5.82 Å². The monoisotopic (exact) mass is 341 g/mol. The molecular weight excluding hydrogens is 317 g/mol. The third-order valence-electron chi connectivity index (χ3n) is 4.59. The van der Waals surface area contributed by atoms with Gasteiger partial charge in [-0.25, -0.2) is 4.39 Å². The molecule has 1 saturated heterocycles. The molecule has 2 aromatic carbocycles. The predicted octanol–water partition coefficient (Wildman–Crippen LogP) is 2.69. The molecule has 1 aliphatic rings. The fraction of sp³-hybridized carbons (Fsp3) is 0.350. The Kier molecular flexibility index (Phi) is 5.66. The van der Waals surface area contributed by atoms with Crippen molar-refractivity contribution in [1.29, 1.82) is 0 Å².